The molecular formula is C30H54N2O18. The molecule has 3 heterocycles. The van der Waals surface area contributed by atoms with Gasteiger partial charge in [-0.3, -0.25) is 9.59 Å². The molecule has 20 heteroatoms. The number of aliphatic hydroxyl groups is 10. The van der Waals surface area contributed by atoms with E-state index in [1.165, 1.54) is 0 Å². The molecule has 50 heavy (non-hydrogen) atoms. The summed E-state index contributed by atoms with van der Waals surface area (Å²) in [5.41, 5.74) is 0. The van der Waals surface area contributed by atoms with Crippen LogP contribution in [0, 0.1) is 0 Å². The SMILES string of the molecule is CCNC(=O)CCCCCCC(=O)NCCO[C@@H]1O[C@H](CO[C@H]2O[C@H](CO)[C@@H](O)[C@H](O)[C@@H]2O)[C@@H](O)[C@H](O[C@H]2O[C@H](CO)[C@@H](O)[C@H](O)[C@@H]2O)[C@@H]1O. The van der Waals surface area contributed by atoms with E-state index < -0.39 is 112 Å². The third kappa shape index (κ3) is 11.7. The molecule has 0 aromatic rings. The molecule has 0 saturated carbocycles. The fourth-order valence-electron chi connectivity index (χ4n) is 5.73. The van der Waals surface area contributed by atoms with Gasteiger partial charge in [-0.25, -0.2) is 0 Å². The topological polar surface area (TPSA) is 316 Å². The van der Waals surface area contributed by atoms with Crippen LogP contribution in [-0.2, 0) is 38.0 Å². The summed E-state index contributed by atoms with van der Waals surface area (Å²) in [6.07, 6.45) is -21.3. The monoisotopic (exact) mass is 730 g/mol. The number of aliphatic hydroxyl groups excluding tert-OH is 10. The first-order chi connectivity index (χ1) is 23.8. The number of rotatable bonds is 19. The Morgan fingerprint density at radius 2 is 1.08 bits per heavy atom. The average Bonchev–Trinajstić information content (AvgIpc) is 3.10. The van der Waals surface area contributed by atoms with Crippen LogP contribution in [0.4, 0.5) is 0 Å². The second kappa shape index (κ2) is 21.1. The second-order valence-corrected chi connectivity index (χ2v) is 12.4. The molecule has 0 aliphatic carbocycles. The van der Waals surface area contributed by atoms with Crippen LogP contribution < -0.4 is 10.6 Å². The number of unbranched alkanes of at least 4 members (excludes halogenated alkanes) is 3. The lowest BCUT2D eigenvalue weighted by atomic mass is 9.96. The lowest BCUT2D eigenvalue weighted by molar-refractivity contribution is -0.366. The van der Waals surface area contributed by atoms with Gasteiger partial charge in [-0.15, -0.1) is 0 Å². The molecule has 3 saturated heterocycles. The van der Waals surface area contributed by atoms with E-state index in [4.69, 9.17) is 28.4 Å². The Labute approximate surface area is 288 Å². The van der Waals surface area contributed by atoms with Gasteiger partial charge < -0.3 is 90.1 Å². The van der Waals surface area contributed by atoms with Crippen LogP contribution in [0.5, 0.6) is 0 Å². The second-order valence-electron chi connectivity index (χ2n) is 12.4. The van der Waals surface area contributed by atoms with Crippen LogP contribution in [0.15, 0.2) is 0 Å². The van der Waals surface area contributed by atoms with Gasteiger partial charge >= 0.3 is 0 Å². The lowest BCUT2D eigenvalue weighted by Crippen LogP contribution is -2.65. The van der Waals surface area contributed by atoms with Gasteiger partial charge in [-0.2, -0.15) is 0 Å². The minimum Gasteiger partial charge on any atom is -0.394 e. The van der Waals surface area contributed by atoms with E-state index >= 15 is 0 Å². The Morgan fingerprint density at radius 3 is 1.64 bits per heavy atom. The smallest absolute Gasteiger partial charge is 0.220 e. The van der Waals surface area contributed by atoms with Crippen molar-refractivity contribution >= 4 is 11.8 Å². The first-order valence-electron chi connectivity index (χ1n) is 16.9. The summed E-state index contributed by atoms with van der Waals surface area (Å²) in [5.74, 6) is -0.265. The van der Waals surface area contributed by atoms with Crippen molar-refractivity contribution in [2.24, 2.45) is 0 Å². The molecule has 12 N–H and O–H groups in total. The summed E-state index contributed by atoms with van der Waals surface area (Å²) < 4.78 is 33.2. The van der Waals surface area contributed by atoms with Crippen molar-refractivity contribution in [1.82, 2.24) is 10.6 Å². The van der Waals surface area contributed by atoms with Crippen molar-refractivity contribution in [2.45, 2.75) is 138 Å². The van der Waals surface area contributed by atoms with Crippen LogP contribution in [0.25, 0.3) is 0 Å². The van der Waals surface area contributed by atoms with Crippen molar-refractivity contribution in [1.29, 1.82) is 0 Å². The number of ether oxygens (including phenoxy) is 6. The maximum Gasteiger partial charge on any atom is 0.220 e. The fourth-order valence-corrected chi connectivity index (χ4v) is 5.73. The Bertz CT molecular complexity index is 1010. The Kier molecular flexibility index (Phi) is 18.0. The third-order valence-electron chi connectivity index (χ3n) is 8.69. The van der Waals surface area contributed by atoms with Crippen LogP contribution >= 0.6 is 0 Å². The quantitative estimate of drug-likeness (QED) is 0.0551. The van der Waals surface area contributed by atoms with E-state index in [0.717, 1.165) is 19.3 Å². The molecular weight excluding hydrogens is 676 g/mol. The van der Waals surface area contributed by atoms with Crippen molar-refractivity contribution in [3.05, 3.63) is 0 Å². The maximum absolute atomic E-state index is 12.3. The van der Waals surface area contributed by atoms with Crippen LogP contribution in [0.1, 0.15) is 45.4 Å². The zero-order valence-electron chi connectivity index (χ0n) is 27.9. The third-order valence-corrected chi connectivity index (χ3v) is 8.69. The number of carbonyl (C=O) groups excluding carboxylic acids is 2. The predicted octanol–water partition coefficient (Wildman–Crippen LogP) is -5.96. The highest BCUT2D eigenvalue weighted by molar-refractivity contribution is 5.76. The fraction of sp³-hybridized carbons (Fsp3) is 0.933. The summed E-state index contributed by atoms with van der Waals surface area (Å²) in [6.45, 7) is 0.129. The van der Waals surface area contributed by atoms with E-state index in [1.54, 1.807) is 0 Å². The van der Waals surface area contributed by atoms with E-state index in [-0.39, 0.29) is 31.4 Å². The summed E-state index contributed by atoms with van der Waals surface area (Å²) >= 11 is 0. The molecule has 20 nitrogen and oxygen atoms in total. The molecule has 15 atom stereocenters. The van der Waals surface area contributed by atoms with E-state index in [1.807, 2.05) is 6.92 Å². The summed E-state index contributed by atoms with van der Waals surface area (Å²) in [6, 6.07) is 0. The van der Waals surface area contributed by atoms with Gasteiger partial charge in [0.2, 0.25) is 11.8 Å². The molecule has 292 valence electrons. The molecule has 0 aromatic heterocycles. The lowest BCUT2D eigenvalue weighted by Gasteiger charge is -2.46. The molecule has 3 rings (SSSR count). The van der Waals surface area contributed by atoms with Crippen molar-refractivity contribution in [2.75, 3.05) is 39.5 Å². The standard InChI is InChI=1S/C30H54N2O18/c1-2-31-17(35)7-5-3-4-6-8-18(36)32-9-10-45-29-26(44)27(50-30-25(43)23(41)20(38)15(12-34)48-30)21(39)16(49-29)13-46-28-24(42)22(40)19(37)14(11-33)47-28/h14-16,19-30,33-34,37-44H,2-13H2,1H3,(H,31,35)(H,32,36)/t14-,15-,16-,19-,20-,21-,22+,23+,24+,25+,26+,27+,28+,29-,30-/m1/s1. The first-order valence-corrected chi connectivity index (χ1v) is 16.9. The van der Waals surface area contributed by atoms with Crippen LogP contribution in [0.3, 0.4) is 0 Å². The van der Waals surface area contributed by atoms with E-state index in [2.05, 4.69) is 10.6 Å². The molecule has 0 spiro atoms. The van der Waals surface area contributed by atoms with Gasteiger partial charge in [0, 0.05) is 25.9 Å². The molecule has 0 radical (unpaired) electrons. The van der Waals surface area contributed by atoms with Crippen molar-refractivity contribution in [3.63, 3.8) is 0 Å². The largest absolute Gasteiger partial charge is 0.394 e. The number of carbonyl (C=O) groups is 2. The van der Waals surface area contributed by atoms with E-state index in [9.17, 15) is 60.7 Å². The first kappa shape index (κ1) is 42.7. The van der Waals surface area contributed by atoms with Crippen molar-refractivity contribution < 1.29 is 89.1 Å². The molecule has 2 amide bonds. The zero-order valence-corrected chi connectivity index (χ0v) is 27.9. The molecule has 3 fully saturated rings. The van der Waals surface area contributed by atoms with E-state index in [0.29, 0.717) is 19.4 Å². The number of amides is 2. The molecule has 0 bridgehead atoms. The van der Waals surface area contributed by atoms with Gasteiger partial charge in [0.25, 0.3) is 0 Å². The van der Waals surface area contributed by atoms with Crippen LogP contribution in [-0.4, -0.2) is 195 Å². The summed E-state index contributed by atoms with van der Waals surface area (Å²) in [4.78, 5) is 23.8. The Balaban J connectivity index is 1.58. The molecule has 3 aliphatic heterocycles. The molecule has 0 aromatic carbocycles. The zero-order chi connectivity index (χ0) is 37.0. The summed E-state index contributed by atoms with van der Waals surface area (Å²) in [7, 11) is 0. The highest BCUT2D eigenvalue weighted by atomic mass is 16.7. The molecule has 3 aliphatic rings. The maximum atomic E-state index is 12.3. The number of hydrogen-bond acceptors (Lipinski definition) is 18. The Hall–Kier alpha value is -1.70. The molecule has 0 unspecified atom stereocenters. The van der Waals surface area contributed by atoms with Crippen molar-refractivity contribution in [3.8, 4) is 0 Å². The summed E-state index contributed by atoms with van der Waals surface area (Å²) in [5, 5.41) is 108. The van der Waals surface area contributed by atoms with Gasteiger partial charge in [-0.05, 0) is 19.8 Å². The van der Waals surface area contributed by atoms with Gasteiger partial charge in [-0.1, -0.05) is 12.8 Å². The highest BCUT2D eigenvalue weighted by Gasteiger charge is 2.52. The van der Waals surface area contributed by atoms with Crippen LogP contribution in [0.2, 0.25) is 0 Å². The number of hydrogen-bond donors (Lipinski definition) is 12. The van der Waals surface area contributed by atoms with Gasteiger partial charge in [0.1, 0.15) is 73.2 Å². The Morgan fingerprint density at radius 1 is 0.580 bits per heavy atom. The van der Waals surface area contributed by atoms with Gasteiger partial charge in [0.05, 0.1) is 26.4 Å². The normalized spacial score (nSPS) is 39.2. The predicted molar refractivity (Wildman–Crippen MR) is 164 cm³/mol. The van der Waals surface area contributed by atoms with Gasteiger partial charge in [0.15, 0.2) is 18.9 Å². The minimum atomic E-state index is -1.88. The minimum absolute atomic E-state index is 0.00454. The number of nitrogens with one attached hydrogen (secondary N) is 2. The average molecular weight is 731 g/mol. The highest BCUT2D eigenvalue weighted by Crippen LogP contribution is 2.31.